The maximum Gasteiger partial charge on any atom is 0.0947 e. The molecule has 1 unspecified atom stereocenters. The van der Waals surface area contributed by atoms with Crippen LogP contribution >= 0.6 is 0 Å². The zero-order valence-corrected chi connectivity index (χ0v) is 12.2. The molecule has 2 aliphatic rings. The highest BCUT2D eigenvalue weighted by Gasteiger charge is 2.35. The Morgan fingerprint density at radius 3 is 2.47 bits per heavy atom. The van der Waals surface area contributed by atoms with E-state index < -0.39 is 11.0 Å². The minimum atomic E-state index is -0.724. The van der Waals surface area contributed by atoms with E-state index in [1.165, 1.54) is 44.9 Å². The van der Waals surface area contributed by atoms with Crippen LogP contribution in [0.5, 0.6) is 0 Å². The fourth-order valence-corrected chi connectivity index (χ4v) is 5.06. The van der Waals surface area contributed by atoms with Crippen molar-refractivity contribution in [3.8, 4) is 0 Å². The first-order valence-electron chi connectivity index (χ1n) is 7.33. The van der Waals surface area contributed by atoms with Crippen molar-refractivity contribution in [1.29, 1.82) is 0 Å². The Balaban J connectivity index is 1.93. The van der Waals surface area contributed by atoms with Gasteiger partial charge in [0.25, 0.3) is 0 Å². The fraction of sp³-hybridized carbons (Fsp3) is 1.00. The zero-order chi connectivity index (χ0) is 12.3. The van der Waals surface area contributed by atoms with E-state index in [1.807, 2.05) is 0 Å². The molecule has 1 saturated carbocycles. The second-order valence-corrected chi connectivity index (χ2v) is 7.58. The highest BCUT2D eigenvalue weighted by Crippen LogP contribution is 2.35. The summed E-state index contributed by atoms with van der Waals surface area (Å²) in [6.45, 7) is 5.41. The standard InChI is InChI=1S/C14H27NOS/c1-12(2)11-17(16)15-10-6-9-14(15)13-7-4-3-5-8-13/h12-14H,3-11H2,1-2H3/t14-,17?/m0/s1. The first kappa shape index (κ1) is 13.5. The van der Waals surface area contributed by atoms with Crippen LogP contribution in [0.25, 0.3) is 0 Å². The third kappa shape index (κ3) is 3.54. The molecular formula is C14H27NOS. The second kappa shape index (κ2) is 6.33. The normalized spacial score (nSPS) is 29.9. The minimum absolute atomic E-state index is 0.545. The lowest BCUT2D eigenvalue weighted by Gasteiger charge is -2.33. The Bertz CT molecular complexity index is 261. The molecule has 0 aromatic heterocycles. The van der Waals surface area contributed by atoms with Gasteiger partial charge in [-0.2, -0.15) is 0 Å². The maximum atomic E-state index is 12.3. The van der Waals surface area contributed by atoms with Crippen molar-refractivity contribution in [3.63, 3.8) is 0 Å². The van der Waals surface area contributed by atoms with Crippen molar-refractivity contribution in [2.75, 3.05) is 12.3 Å². The number of nitrogens with zero attached hydrogens (tertiary/aromatic N) is 1. The maximum absolute atomic E-state index is 12.3. The summed E-state index contributed by atoms with van der Waals surface area (Å²) in [7, 11) is -0.724. The summed E-state index contributed by atoms with van der Waals surface area (Å²) in [5.41, 5.74) is 0. The number of hydrogen-bond acceptors (Lipinski definition) is 1. The first-order chi connectivity index (χ1) is 8.18. The summed E-state index contributed by atoms with van der Waals surface area (Å²) in [5.74, 6) is 2.23. The molecule has 0 amide bonds. The molecule has 1 heterocycles. The average Bonchev–Trinajstić information content (AvgIpc) is 2.78. The molecule has 0 aromatic carbocycles. The molecule has 1 aliphatic heterocycles. The SMILES string of the molecule is CC(C)CS(=O)N1CCC[C@H]1C1CCCCC1. The van der Waals surface area contributed by atoms with Gasteiger partial charge in [-0.1, -0.05) is 33.1 Å². The lowest BCUT2D eigenvalue weighted by molar-refractivity contribution is 0.232. The predicted octanol–water partition coefficient (Wildman–Crippen LogP) is 3.35. The number of hydrogen-bond donors (Lipinski definition) is 0. The summed E-state index contributed by atoms with van der Waals surface area (Å²) in [5, 5.41) is 0. The van der Waals surface area contributed by atoms with Gasteiger partial charge in [0.1, 0.15) is 0 Å². The van der Waals surface area contributed by atoms with Crippen LogP contribution in [0.2, 0.25) is 0 Å². The minimum Gasteiger partial charge on any atom is -0.243 e. The lowest BCUT2D eigenvalue weighted by atomic mass is 9.83. The van der Waals surface area contributed by atoms with Crippen LogP contribution in [0.4, 0.5) is 0 Å². The molecular weight excluding hydrogens is 230 g/mol. The van der Waals surface area contributed by atoms with Gasteiger partial charge in [0.2, 0.25) is 0 Å². The van der Waals surface area contributed by atoms with Crippen LogP contribution in [0, 0.1) is 11.8 Å². The van der Waals surface area contributed by atoms with Crippen molar-refractivity contribution in [2.24, 2.45) is 11.8 Å². The monoisotopic (exact) mass is 257 g/mol. The van der Waals surface area contributed by atoms with Crippen LogP contribution in [-0.2, 0) is 11.0 Å². The van der Waals surface area contributed by atoms with E-state index in [0.29, 0.717) is 12.0 Å². The van der Waals surface area contributed by atoms with Gasteiger partial charge in [0.05, 0.1) is 11.0 Å². The van der Waals surface area contributed by atoms with E-state index in [-0.39, 0.29) is 0 Å². The number of rotatable bonds is 4. The molecule has 2 rings (SSSR count). The van der Waals surface area contributed by atoms with Crippen LogP contribution in [0.1, 0.15) is 58.8 Å². The summed E-state index contributed by atoms with van der Waals surface area (Å²) in [4.78, 5) is 0. The van der Waals surface area contributed by atoms with Crippen molar-refractivity contribution in [1.82, 2.24) is 4.31 Å². The Labute approximate surface area is 109 Å². The van der Waals surface area contributed by atoms with Gasteiger partial charge in [-0.15, -0.1) is 0 Å². The molecule has 17 heavy (non-hydrogen) atoms. The van der Waals surface area contributed by atoms with Crippen molar-refractivity contribution >= 4 is 11.0 Å². The van der Waals surface area contributed by atoms with Crippen molar-refractivity contribution < 1.29 is 4.21 Å². The van der Waals surface area contributed by atoms with Crippen LogP contribution in [0.3, 0.4) is 0 Å². The van der Waals surface area contributed by atoms with Crippen LogP contribution in [0.15, 0.2) is 0 Å². The summed E-state index contributed by atoms with van der Waals surface area (Å²) < 4.78 is 14.7. The summed E-state index contributed by atoms with van der Waals surface area (Å²) in [6.07, 6.45) is 9.50. The zero-order valence-electron chi connectivity index (χ0n) is 11.4. The molecule has 0 bridgehead atoms. The highest BCUT2D eigenvalue weighted by molar-refractivity contribution is 7.82. The van der Waals surface area contributed by atoms with Gasteiger partial charge in [-0.3, -0.25) is 0 Å². The average molecular weight is 257 g/mol. The third-order valence-electron chi connectivity index (χ3n) is 4.18. The van der Waals surface area contributed by atoms with Crippen molar-refractivity contribution in [2.45, 2.75) is 64.8 Å². The quantitative estimate of drug-likeness (QED) is 0.756. The topological polar surface area (TPSA) is 20.3 Å². The van der Waals surface area contributed by atoms with Gasteiger partial charge in [0.15, 0.2) is 0 Å². The molecule has 1 aliphatic carbocycles. The largest absolute Gasteiger partial charge is 0.243 e. The molecule has 100 valence electrons. The van der Waals surface area contributed by atoms with Gasteiger partial charge in [0, 0.05) is 18.3 Å². The molecule has 0 spiro atoms. The van der Waals surface area contributed by atoms with Gasteiger partial charge < -0.3 is 0 Å². The van der Waals surface area contributed by atoms with Gasteiger partial charge >= 0.3 is 0 Å². The molecule has 0 aromatic rings. The Morgan fingerprint density at radius 1 is 1.12 bits per heavy atom. The molecule has 0 N–H and O–H groups in total. The van der Waals surface area contributed by atoms with E-state index in [0.717, 1.165) is 18.2 Å². The van der Waals surface area contributed by atoms with Gasteiger partial charge in [-0.05, 0) is 37.5 Å². The fourth-order valence-electron chi connectivity index (χ4n) is 3.39. The third-order valence-corrected chi connectivity index (χ3v) is 6.11. The molecule has 3 heteroatoms. The van der Waals surface area contributed by atoms with Crippen LogP contribution in [-0.4, -0.2) is 26.9 Å². The van der Waals surface area contributed by atoms with E-state index >= 15 is 0 Å². The van der Waals surface area contributed by atoms with E-state index in [4.69, 9.17) is 0 Å². The molecule has 2 atom stereocenters. The molecule has 0 radical (unpaired) electrons. The molecule has 2 fully saturated rings. The summed E-state index contributed by atoms with van der Waals surface area (Å²) >= 11 is 0. The Hall–Kier alpha value is 0.110. The molecule has 2 nitrogen and oxygen atoms in total. The van der Waals surface area contributed by atoms with E-state index in [2.05, 4.69) is 18.2 Å². The smallest absolute Gasteiger partial charge is 0.0947 e. The van der Waals surface area contributed by atoms with E-state index in [9.17, 15) is 4.21 Å². The van der Waals surface area contributed by atoms with Crippen molar-refractivity contribution in [3.05, 3.63) is 0 Å². The van der Waals surface area contributed by atoms with E-state index in [1.54, 1.807) is 0 Å². The lowest BCUT2D eigenvalue weighted by Crippen LogP contribution is -2.39. The predicted molar refractivity (Wildman–Crippen MR) is 74.2 cm³/mol. The summed E-state index contributed by atoms with van der Waals surface area (Å²) in [6, 6.07) is 0.634. The van der Waals surface area contributed by atoms with Gasteiger partial charge in [-0.25, -0.2) is 8.51 Å². The molecule has 1 saturated heterocycles. The Kier molecular flexibility index (Phi) is 5.04. The second-order valence-electron chi connectivity index (χ2n) is 6.13. The first-order valence-corrected chi connectivity index (χ1v) is 8.61. The Morgan fingerprint density at radius 2 is 1.82 bits per heavy atom. The van der Waals surface area contributed by atoms with Crippen LogP contribution < -0.4 is 0 Å². The highest BCUT2D eigenvalue weighted by atomic mass is 32.2.